The molecule has 72 valence electrons. The standard InChI is InChI=1S/C9H14ClN3/c1-9(11,6-3-4-6)8-7(10)5-12-13(8)2/h5-6H,3-4,11H2,1-2H3. The molecule has 13 heavy (non-hydrogen) atoms. The van der Waals surface area contributed by atoms with Crippen molar-refractivity contribution in [2.75, 3.05) is 0 Å². The largest absolute Gasteiger partial charge is 0.320 e. The van der Waals surface area contributed by atoms with E-state index in [2.05, 4.69) is 5.10 Å². The van der Waals surface area contributed by atoms with Gasteiger partial charge in [0.25, 0.3) is 0 Å². The van der Waals surface area contributed by atoms with E-state index in [0.29, 0.717) is 10.9 Å². The van der Waals surface area contributed by atoms with Crippen molar-refractivity contribution in [2.45, 2.75) is 25.3 Å². The minimum atomic E-state index is -0.317. The number of hydrogen-bond acceptors (Lipinski definition) is 2. The summed E-state index contributed by atoms with van der Waals surface area (Å²) in [7, 11) is 1.88. The molecule has 1 saturated carbocycles. The van der Waals surface area contributed by atoms with Gasteiger partial charge in [0, 0.05) is 7.05 Å². The molecule has 0 bridgehead atoms. The second-order valence-corrected chi connectivity index (χ2v) is 4.43. The highest BCUT2D eigenvalue weighted by molar-refractivity contribution is 6.31. The number of nitrogens with two attached hydrogens (primary N) is 1. The molecule has 1 heterocycles. The van der Waals surface area contributed by atoms with Gasteiger partial charge < -0.3 is 5.73 Å². The van der Waals surface area contributed by atoms with E-state index in [1.807, 2.05) is 14.0 Å². The summed E-state index contributed by atoms with van der Waals surface area (Å²) in [6, 6.07) is 0. The first-order chi connectivity index (χ1) is 6.03. The number of aromatic nitrogens is 2. The van der Waals surface area contributed by atoms with Gasteiger partial charge >= 0.3 is 0 Å². The zero-order valence-corrected chi connectivity index (χ0v) is 8.67. The van der Waals surface area contributed by atoms with E-state index >= 15 is 0 Å². The van der Waals surface area contributed by atoms with Crippen molar-refractivity contribution >= 4 is 11.6 Å². The Kier molecular flexibility index (Phi) is 1.89. The third-order valence-corrected chi connectivity index (χ3v) is 3.11. The molecular weight excluding hydrogens is 186 g/mol. The molecule has 1 fully saturated rings. The minimum Gasteiger partial charge on any atom is -0.320 e. The molecule has 0 aliphatic heterocycles. The second-order valence-electron chi connectivity index (χ2n) is 4.02. The first kappa shape index (κ1) is 9.03. The van der Waals surface area contributed by atoms with Crippen molar-refractivity contribution in [1.29, 1.82) is 0 Å². The molecule has 1 aliphatic rings. The molecule has 1 unspecified atom stereocenters. The molecule has 0 aromatic carbocycles. The van der Waals surface area contributed by atoms with Gasteiger partial charge in [-0.1, -0.05) is 11.6 Å². The summed E-state index contributed by atoms with van der Waals surface area (Å²) in [6.07, 6.45) is 4.06. The number of hydrogen-bond donors (Lipinski definition) is 1. The van der Waals surface area contributed by atoms with Crippen molar-refractivity contribution in [1.82, 2.24) is 9.78 Å². The van der Waals surface area contributed by atoms with Crippen LogP contribution in [0.2, 0.25) is 5.02 Å². The molecule has 3 nitrogen and oxygen atoms in total. The molecule has 1 aromatic rings. The zero-order valence-electron chi connectivity index (χ0n) is 7.92. The number of rotatable bonds is 2. The predicted octanol–water partition coefficient (Wildman–Crippen LogP) is 1.66. The third-order valence-electron chi connectivity index (χ3n) is 2.83. The summed E-state index contributed by atoms with van der Waals surface area (Å²) >= 11 is 6.04. The fourth-order valence-corrected chi connectivity index (χ4v) is 2.26. The van der Waals surface area contributed by atoms with Gasteiger partial charge in [0.1, 0.15) is 0 Å². The maximum atomic E-state index is 6.24. The highest BCUT2D eigenvalue weighted by atomic mass is 35.5. The number of aryl methyl sites for hydroxylation is 1. The maximum absolute atomic E-state index is 6.24. The Bertz CT molecular complexity index is 306. The lowest BCUT2D eigenvalue weighted by Gasteiger charge is -2.25. The van der Waals surface area contributed by atoms with Crippen LogP contribution in [0.15, 0.2) is 6.20 Å². The van der Waals surface area contributed by atoms with Crippen LogP contribution in [0.4, 0.5) is 0 Å². The van der Waals surface area contributed by atoms with E-state index in [4.69, 9.17) is 17.3 Å². The Hall–Kier alpha value is -0.540. The van der Waals surface area contributed by atoms with Crippen molar-refractivity contribution < 1.29 is 0 Å². The van der Waals surface area contributed by atoms with E-state index < -0.39 is 0 Å². The molecule has 2 rings (SSSR count). The molecule has 4 heteroatoms. The van der Waals surface area contributed by atoms with Crippen LogP contribution in [0.1, 0.15) is 25.5 Å². The molecule has 0 spiro atoms. The van der Waals surface area contributed by atoms with Crippen LogP contribution >= 0.6 is 11.6 Å². The lowest BCUT2D eigenvalue weighted by atomic mass is 9.93. The van der Waals surface area contributed by atoms with E-state index in [1.165, 1.54) is 12.8 Å². The highest BCUT2D eigenvalue weighted by Crippen LogP contribution is 2.45. The average Bonchev–Trinajstić information content (AvgIpc) is 2.79. The Balaban J connectivity index is 2.42. The van der Waals surface area contributed by atoms with Gasteiger partial charge in [-0.15, -0.1) is 0 Å². The van der Waals surface area contributed by atoms with Crippen LogP contribution in [0.25, 0.3) is 0 Å². The number of nitrogens with zero attached hydrogens (tertiary/aromatic N) is 2. The van der Waals surface area contributed by atoms with E-state index in [9.17, 15) is 0 Å². The summed E-state index contributed by atoms with van der Waals surface area (Å²) in [6.45, 7) is 2.04. The molecule has 2 N–H and O–H groups in total. The Morgan fingerprint density at radius 2 is 2.31 bits per heavy atom. The van der Waals surface area contributed by atoms with Gasteiger partial charge in [0.05, 0.1) is 22.5 Å². The molecule has 0 radical (unpaired) electrons. The average molecular weight is 200 g/mol. The van der Waals surface area contributed by atoms with Crippen LogP contribution < -0.4 is 5.73 Å². The predicted molar refractivity (Wildman–Crippen MR) is 52.5 cm³/mol. The normalized spacial score (nSPS) is 21.5. The summed E-state index contributed by atoms with van der Waals surface area (Å²) in [5, 5.41) is 4.78. The van der Waals surface area contributed by atoms with Crippen LogP contribution in [-0.2, 0) is 12.6 Å². The van der Waals surface area contributed by atoms with Gasteiger partial charge in [0.2, 0.25) is 0 Å². The quantitative estimate of drug-likeness (QED) is 0.788. The first-order valence-electron chi connectivity index (χ1n) is 4.50. The zero-order chi connectivity index (χ0) is 9.64. The lowest BCUT2D eigenvalue weighted by Crippen LogP contribution is -2.37. The van der Waals surface area contributed by atoms with Gasteiger partial charge in [-0.3, -0.25) is 4.68 Å². The molecule has 0 amide bonds. The van der Waals surface area contributed by atoms with Gasteiger partial charge in [-0.05, 0) is 25.7 Å². The SMILES string of the molecule is Cn1ncc(Cl)c1C(C)(N)C1CC1. The van der Waals surface area contributed by atoms with Crippen molar-refractivity contribution in [3.05, 3.63) is 16.9 Å². The fraction of sp³-hybridized carbons (Fsp3) is 0.667. The van der Waals surface area contributed by atoms with Crippen LogP contribution in [0.5, 0.6) is 0 Å². The number of halogens is 1. The molecule has 0 saturated heterocycles. The first-order valence-corrected chi connectivity index (χ1v) is 4.88. The van der Waals surface area contributed by atoms with Gasteiger partial charge in [-0.2, -0.15) is 5.10 Å². The van der Waals surface area contributed by atoms with Gasteiger partial charge in [0.15, 0.2) is 0 Å². The summed E-state index contributed by atoms with van der Waals surface area (Å²) in [5.41, 5.74) is 6.88. The molecule has 1 aromatic heterocycles. The Morgan fingerprint density at radius 3 is 2.69 bits per heavy atom. The topological polar surface area (TPSA) is 43.8 Å². The van der Waals surface area contributed by atoms with Crippen LogP contribution in [0.3, 0.4) is 0 Å². The minimum absolute atomic E-state index is 0.317. The monoisotopic (exact) mass is 199 g/mol. The van der Waals surface area contributed by atoms with Crippen molar-refractivity contribution in [3.8, 4) is 0 Å². The third kappa shape index (κ3) is 1.36. The lowest BCUT2D eigenvalue weighted by molar-refractivity contribution is 0.394. The maximum Gasteiger partial charge on any atom is 0.0836 e. The van der Waals surface area contributed by atoms with Crippen LogP contribution in [-0.4, -0.2) is 9.78 Å². The smallest absolute Gasteiger partial charge is 0.0836 e. The Labute approximate surface area is 82.9 Å². The van der Waals surface area contributed by atoms with Gasteiger partial charge in [-0.25, -0.2) is 0 Å². The van der Waals surface area contributed by atoms with Crippen molar-refractivity contribution in [2.24, 2.45) is 18.7 Å². The second kappa shape index (κ2) is 2.72. The highest BCUT2D eigenvalue weighted by Gasteiger charge is 2.42. The van der Waals surface area contributed by atoms with Crippen LogP contribution in [0, 0.1) is 5.92 Å². The summed E-state index contributed by atoms with van der Waals surface area (Å²) < 4.78 is 1.78. The molecule has 1 atom stereocenters. The summed E-state index contributed by atoms with van der Waals surface area (Å²) in [4.78, 5) is 0. The van der Waals surface area contributed by atoms with E-state index in [1.54, 1.807) is 10.9 Å². The fourth-order valence-electron chi connectivity index (χ4n) is 1.89. The summed E-state index contributed by atoms with van der Waals surface area (Å²) in [5.74, 6) is 0.570. The molecular formula is C9H14ClN3. The van der Waals surface area contributed by atoms with E-state index in [-0.39, 0.29) is 5.54 Å². The van der Waals surface area contributed by atoms with E-state index in [0.717, 1.165) is 5.69 Å². The molecule has 1 aliphatic carbocycles. The van der Waals surface area contributed by atoms with Crippen molar-refractivity contribution in [3.63, 3.8) is 0 Å². The Morgan fingerprint density at radius 1 is 1.69 bits per heavy atom.